The average Bonchev–Trinajstić information content (AvgIpc) is 2.72. The van der Waals surface area contributed by atoms with E-state index in [1.54, 1.807) is 48.6 Å². The Bertz CT molecular complexity index is 1100. The van der Waals surface area contributed by atoms with Gasteiger partial charge in [-0.2, -0.15) is 0 Å². The molecule has 0 aliphatic heterocycles. The molecule has 7 heteroatoms. The highest BCUT2D eigenvalue weighted by molar-refractivity contribution is 6.04. The van der Waals surface area contributed by atoms with Crippen molar-refractivity contribution >= 4 is 29.3 Å². The van der Waals surface area contributed by atoms with Crippen LogP contribution in [0.1, 0.15) is 17.3 Å². The van der Waals surface area contributed by atoms with Crippen LogP contribution < -0.4 is 11.1 Å². The Hall–Kier alpha value is -4.00. The van der Waals surface area contributed by atoms with Gasteiger partial charge >= 0.3 is 0 Å². The quantitative estimate of drug-likeness (QED) is 0.468. The number of benzene rings is 2. The zero-order valence-electron chi connectivity index (χ0n) is 15.3. The second-order valence-electron chi connectivity index (χ2n) is 5.88. The van der Waals surface area contributed by atoms with Gasteiger partial charge in [0.05, 0.1) is 5.39 Å². The molecule has 1 aromatic heterocycles. The summed E-state index contributed by atoms with van der Waals surface area (Å²) in [5.74, 6) is 0.365. The summed E-state index contributed by atoms with van der Waals surface area (Å²) in [4.78, 5) is 24.3. The lowest BCUT2D eigenvalue weighted by Crippen LogP contribution is -2.21. The molecule has 0 fully saturated rings. The Morgan fingerprint density at radius 3 is 2.64 bits per heavy atom. The number of hydrogen-bond donors (Lipinski definition) is 3. The summed E-state index contributed by atoms with van der Waals surface area (Å²) in [6.45, 7) is 5.31. The highest BCUT2D eigenvalue weighted by Crippen LogP contribution is 2.35. The number of allylic oxidation sites excluding steroid dienone is 3. The molecule has 28 heavy (non-hydrogen) atoms. The lowest BCUT2D eigenvalue weighted by atomic mass is 9.99. The minimum absolute atomic E-state index is 0.0289. The normalized spacial score (nSPS) is 11.7. The SMILES string of the molecule is C=N/C(=C\C=C/C)NC(=O)c1ccc(-c2ccc(O)c3ncnc(N)c23)cc1. The van der Waals surface area contributed by atoms with Crippen molar-refractivity contribution in [1.29, 1.82) is 0 Å². The van der Waals surface area contributed by atoms with Crippen molar-refractivity contribution in [3.05, 3.63) is 72.3 Å². The zero-order chi connectivity index (χ0) is 20.1. The van der Waals surface area contributed by atoms with Crippen molar-refractivity contribution in [3.63, 3.8) is 0 Å². The zero-order valence-corrected chi connectivity index (χ0v) is 15.3. The number of aromatic hydroxyl groups is 1. The van der Waals surface area contributed by atoms with E-state index in [0.29, 0.717) is 22.3 Å². The molecular weight excluding hydrogens is 354 g/mol. The minimum Gasteiger partial charge on any atom is -0.506 e. The van der Waals surface area contributed by atoms with Crippen molar-refractivity contribution in [1.82, 2.24) is 15.3 Å². The highest BCUT2D eigenvalue weighted by atomic mass is 16.3. The number of carbonyl (C=O) groups is 1. The van der Waals surface area contributed by atoms with Gasteiger partial charge in [-0.05, 0) is 55.1 Å². The Kier molecular flexibility index (Phi) is 5.45. The number of aromatic nitrogens is 2. The number of carbonyl (C=O) groups excluding carboxylic acids is 1. The summed E-state index contributed by atoms with van der Waals surface area (Å²) in [5.41, 5.74) is 8.42. The third kappa shape index (κ3) is 3.73. The largest absolute Gasteiger partial charge is 0.506 e. The number of phenolic OH excluding ortho intramolecular Hbond substituents is 1. The van der Waals surface area contributed by atoms with Gasteiger partial charge in [-0.1, -0.05) is 24.3 Å². The fraction of sp³-hybridized carbons (Fsp3) is 0.0476. The number of aliphatic imine (C=N–C) groups is 1. The lowest BCUT2D eigenvalue weighted by Gasteiger charge is -2.10. The van der Waals surface area contributed by atoms with E-state index in [0.717, 1.165) is 11.1 Å². The molecule has 0 bridgehead atoms. The number of phenols is 1. The molecule has 0 aliphatic rings. The first kappa shape index (κ1) is 18.8. The van der Waals surface area contributed by atoms with Gasteiger partial charge in [0.25, 0.3) is 5.91 Å². The number of rotatable bonds is 5. The molecule has 1 amide bonds. The second kappa shape index (κ2) is 8.13. The van der Waals surface area contributed by atoms with Gasteiger partial charge in [-0.15, -0.1) is 0 Å². The number of nitrogens with zero attached hydrogens (tertiary/aromatic N) is 3. The van der Waals surface area contributed by atoms with Crippen LogP contribution in [-0.2, 0) is 0 Å². The van der Waals surface area contributed by atoms with Gasteiger partial charge in [0, 0.05) is 5.56 Å². The van der Waals surface area contributed by atoms with Gasteiger partial charge in [-0.25, -0.2) is 15.0 Å². The maximum absolute atomic E-state index is 12.4. The summed E-state index contributed by atoms with van der Waals surface area (Å²) in [6.07, 6.45) is 6.55. The molecule has 0 saturated carbocycles. The van der Waals surface area contributed by atoms with Crippen LogP contribution in [-0.4, -0.2) is 27.7 Å². The van der Waals surface area contributed by atoms with Crippen LogP contribution >= 0.6 is 0 Å². The van der Waals surface area contributed by atoms with E-state index >= 15 is 0 Å². The van der Waals surface area contributed by atoms with Crippen LogP contribution in [0.5, 0.6) is 5.75 Å². The molecule has 0 spiro atoms. The van der Waals surface area contributed by atoms with E-state index in [1.165, 1.54) is 6.33 Å². The second-order valence-corrected chi connectivity index (χ2v) is 5.88. The summed E-state index contributed by atoms with van der Waals surface area (Å²) in [7, 11) is 0. The fourth-order valence-electron chi connectivity index (χ4n) is 2.73. The molecule has 4 N–H and O–H groups in total. The van der Waals surface area contributed by atoms with Crippen LogP contribution in [0.15, 0.2) is 71.8 Å². The van der Waals surface area contributed by atoms with E-state index in [4.69, 9.17) is 5.73 Å². The van der Waals surface area contributed by atoms with Gasteiger partial charge < -0.3 is 16.2 Å². The molecule has 0 aliphatic carbocycles. The Morgan fingerprint density at radius 1 is 1.21 bits per heavy atom. The molecule has 3 aromatic rings. The molecule has 1 heterocycles. The summed E-state index contributed by atoms with van der Waals surface area (Å²) in [6, 6.07) is 10.3. The van der Waals surface area contributed by atoms with E-state index in [2.05, 4.69) is 27.0 Å². The van der Waals surface area contributed by atoms with Crippen LogP contribution in [0.2, 0.25) is 0 Å². The molecule has 0 atom stereocenters. The topological polar surface area (TPSA) is 113 Å². The van der Waals surface area contributed by atoms with E-state index < -0.39 is 0 Å². The van der Waals surface area contributed by atoms with E-state index in [9.17, 15) is 9.90 Å². The lowest BCUT2D eigenvalue weighted by molar-refractivity contribution is 0.0965. The van der Waals surface area contributed by atoms with Crippen LogP contribution in [0.25, 0.3) is 22.0 Å². The van der Waals surface area contributed by atoms with Gasteiger partial charge in [0.1, 0.15) is 29.2 Å². The molecule has 2 aromatic carbocycles. The first-order valence-electron chi connectivity index (χ1n) is 8.48. The van der Waals surface area contributed by atoms with E-state index in [1.807, 2.05) is 13.0 Å². The van der Waals surface area contributed by atoms with Crippen molar-refractivity contribution in [2.45, 2.75) is 6.92 Å². The van der Waals surface area contributed by atoms with Crippen LogP contribution in [0, 0.1) is 0 Å². The first-order chi connectivity index (χ1) is 13.5. The Labute approximate surface area is 162 Å². The predicted octanol–water partition coefficient (Wildman–Crippen LogP) is 3.43. The Morgan fingerprint density at radius 2 is 1.96 bits per heavy atom. The monoisotopic (exact) mass is 373 g/mol. The van der Waals surface area contributed by atoms with Crippen molar-refractivity contribution in [2.75, 3.05) is 5.73 Å². The number of nitrogens with two attached hydrogens (primary N) is 1. The number of nitrogen functional groups attached to an aromatic ring is 1. The molecule has 140 valence electrons. The van der Waals surface area contributed by atoms with Crippen molar-refractivity contribution in [3.8, 4) is 16.9 Å². The fourth-order valence-corrected chi connectivity index (χ4v) is 2.73. The predicted molar refractivity (Wildman–Crippen MR) is 111 cm³/mol. The van der Waals surface area contributed by atoms with Crippen LogP contribution in [0.4, 0.5) is 5.82 Å². The van der Waals surface area contributed by atoms with Crippen LogP contribution in [0.3, 0.4) is 0 Å². The van der Waals surface area contributed by atoms with Gasteiger partial charge in [0.2, 0.25) is 0 Å². The molecule has 0 radical (unpaired) electrons. The number of anilines is 1. The maximum atomic E-state index is 12.4. The van der Waals surface area contributed by atoms with Gasteiger partial charge in [-0.3, -0.25) is 4.79 Å². The third-order valence-corrected chi connectivity index (χ3v) is 4.11. The number of hydrogen-bond acceptors (Lipinski definition) is 6. The smallest absolute Gasteiger partial charge is 0.256 e. The molecule has 0 unspecified atom stereocenters. The Balaban J connectivity index is 1.94. The minimum atomic E-state index is -0.298. The number of fused-ring (bicyclic) bond motifs is 1. The summed E-state index contributed by atoms with van der Waals surface area (Å²) < 4.78 is 0. The molecular formula is C21H19N5O2. The number of nitrogens with one attached hydrogen (secondary N) is 1. The van der Waals surface area contributed by atoms with Crippen molar-refractivity contribution in [2.24, 2.45) is 4.99 Å². The molecule has 7 nitrogen and oxygen atoms in total. The summed E-state index contributed by atoms with van der Waals surface area (Å²) in [5, 5.41) is 13.3. The maximum Gasteiger partial charge on any atom is 0.256 e. The van der Waals surface area contributed by atoms with Gasteiger partial charge in [0.15, 0.2) is 0 Å². The third-order valence-electron chi connectivity index (χ3n) is 4.11. The molecule has 0 saturated heterocycles. The standard InChI is InChI=1S/C21H19N5O2/c1-3-4-5-17(23-2)26-21(28)14-8-6-13(7-9-14)15-10-11-16(27)19-18(15)20(22)25-12-24-19/h3-12,27H,2H2,1H3,(H,26,28)(H2,22,24,25)/b4-3-,17-5+. The first-order valence-corrected chi connectivity index (χ1v) is 8.48. The molecule has 3 rings (SSSR count). The number of amides is 1. The highest BCUT2D eigenvalue weighted by Gasteiger charge is 2.13. The summed E-state index contributed by atoms with van der Waals surface area (Å²) >= 11 is 0. The average molecular weight is 373 g/mol. The van der Waals surface area contributed by atoms with E-state index in [-0.39, 0.29) is 17.5 Å². The van der Waals surface area contributed by atoms with Crippen molar-refractivity contribution < 1.29 is 9.90 Å².